The van der Waals surface area contributed by atoms with Gasteiger partial charge < -0.3 is 10.3 Å². The second-order valence-corrected chi connectivity index (χ2v) is 3.85. The molecule has 3 rings (SSSR count). The highest BCUT2D eigenvalue weighted by atomic mass is 19.1. The molecule has 3 aromatic heterocycles. The molecule has 0 saturated heterocycles. The lowest BCUT2D eigenvalue weighted by Gasteiger charge is -2.00. The Morgan fingerprint density at radius 3 is 2.63 bits per heavy atom. The Morgan fingerprint density at radius 1 is 1.05 bits per heavy atom. The average Bonchev–Trinajstić information content (AvgIpc) is 2.82. The standard InChI is InChI=1S/C13H9FN4O/c14-8-4-5-10(17-7-8)12-11(13(15)18-19-12)9-3-1-2-6-16-9/h1-7H,(H2,15,18). The van der Waals surface area contributed by atoms with Crippen LogP contribution in [0.25, 0.3) is 22.7 Å². The van der Waals surface area contributed by atoms with E-state index in [4.69, 9.17) is 10.3 Å². The number of anilines is 1. The van der Waals surface area contributed by atoms with Gasteiger partial charge in [-0.05, 0) is 24.3 Å². The van der Waals surface area contributed by atoms with E-state index < -0.39 is 5.82 Å². The Labute approximate surface area is 107 Å². The van der Waals surface area contributed by atoms with Gasteiger partial charge in [0.2, 0.25) is 0 Å². The summed E-state index contributed by atoms with van der Waals surface area (Å²) in [5.41, 5.74) is 7.43. The normalized spacial score (nSPS) is 10.6. The number of nitrogens with zero attached hydrogens (tertiary/aromatic N) is 3. The Kier molecular flexibility index (Phi) is 2.68. The molecule has 5 nitrogen and oxygen atoms in total. The first-order valence-electron chi connectivity index (χ1n) is 5.54. The van der Waals surface area contributed by atoms with Crippen LogP contribution in [0.2, 0.25) is 0 Å². The van der Waals surface area contributed by atoms with E-state index in [1.165, 1.54) is 12.1 Å². The van der Waals surface area contributed by atoms with Crippen molar-refractivity contribution < 1.29 is 8.91 Å². The molecule has 0 radical (unpaired) electrons. The highest BCUT2D eigenvalue weighted by molar-refractivity contribution is 5.83. The molecular weight excluding hydrogens is 247 g/mol. The van der Waals surface area contributed by atoms with Crippen molar-refractivity contribution >= 4 is 5.82 Å². The third-order valence-corrected chi connectivity index (χ3v) is 2.60. The van der Waals surface area contributed by atoms with Gasteiger partial charge in [-0.3, -0.25) is 4.98 Å². The van der Waals surface area contributed by atoms with E-state index >= 15 is 0 Å². The molecule has 0 fully saturated rings. The molecule has 0 saturated carbocycles. The van der Waals surface area contributed by atoms with Crippen LogP contribution in [0.1, 0.15) is 0 Å². The Morgan fingerprint density at radius 2 is 1.95 bits per heavy atom. The first-order chi connectivity index (χ1) is 9.25. The molecule has 94 valence electrons. The van der Waals surface area contributed by atoms with Gasteiger partial charge in [-0.1, -0.05) is 11.2 Å². The summed E-state index contributed by atoms with van der Waals surface area (Å²) in [5, 5.41) is 3.72. The topological polar surface area (TPSA) is 77.8 Å². The molecule has 0 aliphatic carbocycles. The van der Waals surface area contributed by atoms with Gasteiger partial charge in [-0.25, -0.2) is 9.37 Å². The van der Waals surface area contributed by atoms with E-state index in [1.54, 1.807) is 18.3 Å². The highest BCUT2D eigenvalue weighted by Gasteiger charge is 2.19. The minimum Gasteiger partial charge on any atom is -0.380 e. The molecule has 19 heavy (non-hydrogen) atoms. The van der Waals surface area contributed by atoms with Gasteiger partial charge in [-0.2, -0.15) is 0 Å². The molecule has 3 aromatic rings. The van der Waals surface area contributed by atoms with Gasteiger partial charge in [-0.15, -0.1) is 0 Å². The number of hydrogen-bond donors (Lipinski definition) is 1. The van der Waals surface area contributed by atoms with Crippen molar-refractivity contribution in [3.05, 3.63) is 48.5 Å². The third kappa shape index (κ3) is 2.03. The molecule has 6 heteroatoms. The minimum absolute atomic E-state index is 0.222. The van der Waals surface area contributed by atoms with Gasteiger partial charge in [0.15, 0.2) is 11.6 Å². The van der Waals surface area contributed by atoms with Gasteiger partial charge in [0.05, 0.1) is 17.5 Å². The molecule has 0 spiro atoms. The van der Waals surface area contributed by atoms with Crippen LogP contribution in [-0.2, 0) is 0 Å². The third-order valence-electron chi connectivity index (χ3n) is 2.60. The van der Waals surface area contributed by atoms with Gasteiger partial charge in [0.25, 0.3) is 0 Å². The lowest BCUT2D eigenvalue weighted by molar-refractivity contribution is 0.434. The molecular formula is C13H9FN4O. The maximum atomic E-state index is 12.9. The van der Waals surface area contributed by atoms with Crippen molar-refractivity contribution in [1.29, 1.82) is 0 Å². The van der Waals surface area contributed by atoms with Crippen LogP contribution < -0.4 is 5.73 Å². The summed E-state index contributed by atoms with van der Waals surface area (Å²) in [5.74, 6) is 0.173. The number of aromatic nitrogens is 3. The van der Waals surface area contributed by atoms with Crippen LogP contribution in [0.5, 0.6) is 0 Å². The quantitative estimate of drug-likeness (QED) is 0.762. The number of hydrogen-bond acceptors (Lipinski definition) is 5. The number of nitrogen functional groups attached to an aromatic ring is 1. The molecule has 2 N–H and O–H groups in total. The lowest BCUT2D eigenvalue weighted by atomic mass is 10.1. The van der Waals surface area contributed by atoms with E-state index in [2.05, 4.69) is 15.1 Å². The molecule has 3 heterocycles. The van der Waals surface area contributed by atoms with Gasteiger partial charge in [0.1, 0.15) is 11.5 Å². The lowest BCUT2D eigenvalue weighted by Crippen LogP contribution is -1.91. The summed E-state index contributed by atoms with van der Waals surface area (Å²) in [7, 11) is 0. The monoisotopic (exact) mass is 256 g/mol. The van der Waals surface area contributed by atoms with Crippen LogP contribution >= 0.6 is 0 Å². The Bertz CT molecular complexity index is 694. The first-order valence-corrected chi connectivity index (χ1v) is 5.54. The van der Waals surface area contributed by atoms with E-state index in [1.807, 2.05) is 6.07 Å². The summed E-state index contributed by atoms with van der Waals surface area (Å²) in [6.45, 7) is 0. The van der Waals surface area contributed by atoms with E-state index in [0.717, 1.165) is 6.20 Å². The van der Waals surface area contributed by atoms with Crippen LogP contribution in [0, 0.1) is 5.82 Å². The number of nitrogens with two attached hydrogens (primary N) is 1. The predicted molar refractivity (Wildman–Crippen MR) is 67.3 cm³/mol. The van der Waals surface area contributed by atoms with Crippen molar-refractivity contribution in [3.8, 4) is 22.7 Å². The SMILES string of the molecule is Nc1noc(-c2ccc(F)cn2)c1-c1ccccn1. The van der Waals surface area contributed by atoms with E-state index in [0.29, 0.717) is 22.7 Å². The van der Waals surface area contributed by atoms with Gasteiger partial charge in [0, 0.05) is 6.20 Å². The zero-order valence-electron chi connectivity index (χ0n) is 9.75. The summed E-state index contributed by atoms with van der Waals surface area (Å²) >= 11 is 0. The number of halogens is 1. The first kappa shape index (κ1) is 11.3. The summed E-state index contributed by atoms with van der Waals surface area (Å²) < 4.78 is 18.1. The largest absolute Gasteiger partial charge is 0.380 e. The summed E-state index contributed by atoms with van der Waals surface area (Å²) in [4.78, 5) is 8.16. The fourth-order valence-electron chi connectivity index (χ4n) is 1.75. The van der Waals surface area contributed by atoms with Crippen molar-refractivity contribution in [2.75, 3.05) is 5.73 Å². The maximum absolute atomic E-state index is 12.9. The summed E-state index contributed by atoms with van der Waals surface area (Å²) in [6.07, 6.45) is 2.75. The summed E-state index contributed by atoms with van der Waals surface area (Å²) in [6, 6.07) is 8.21. The van der Waals surface area contributed by atoms with E-state index in [-0.39, 0.29) is 5.82 Å². The molecule has 0 amide bonds. The van der Waals surface area contributed by atoms with Crippen LogP contribution in [0.4, 0.5) is 10.2 Å². The highest BCUT2D eigenvalue weighted by Crippen LogP contribution is 2.34. The smallest absolute Gasteiger partial charge is 0.196 e. The van der Waals surface area contributed by atoms with Crippen LogP contribution in [0.3, 0.4) is 0 Å². The predicted octanol–water partition coefficient (Wildman–Crippen LogP) is 2.52. The zero-order chi connectivity index (χ0) is 13.2. The molecule has 0 aromatic carbocycles. The van der Waals surface area contributed by atoms with Gasteiger partial charge >= 0.3 is 0 Å². The Hall–Kier alpha value is -2.76. The van der Waals surface area contributed by atoms with E-state index in [9.17, 15) is 4.39 Å². The molecule has 0 unspecified atom stereocenters. The fourth-order valence-corrected chi connectivity index (χ4v) is 1.75. The maximum Gasteiger partial charge on any atom is 0.196 e. The minimum atomic E-state index is -0.421. The fraction of sp³-hybridized carbons (Fsp3) is 0. The average molecular weight is 256 g/mol. The molecule has 0 aliphatic heterocycles. The Balaban J connectivity index is 2.16. The van der Waals surface area contributed by atoms with Crippen LogP contribution in [-0.4, -0.2) is 15.1 Å². The van der Waals surface area contributed by atoms with Crippen molar-refractivity contribution in [2.24, 2.45) is 0 Å². The second kappa shape index (κ2) is 4.49. The van der Waals surface area contributed by atoms with Crippen molar-refractivity contribution in [2.45, 2.75) is 0 Å². The van der Waals surface area contributed by atoms with Crippen LogP contribution in [0.15, 0.2) is 47.2 Å². The molecule has 0 aliphatic rings. The van der Waals surface area contributed by atoms with Crippen molar-refractivity contribution in [3.63, 3.8) is 0 Å². The number of pyridine rings is 2. The molecule has 0 atom stereocenters. The zero-order valence-corrected chi connectivity index (χ0v) is 9.75. The molecule has 0 bridgehead atoms. The van der Waals surface area contributed by atoms with Crippen molar-refractivity contribution in [1.82, 2.24) is 15.1 Å². The number of rotatable bonds is 2. The second-order valence-electron chi connectivity index (χ2n) is 3.85.